The number of rotatable bonds is 6. The fourth-order valence-electron chi connectivity index (χ4n) is 2.66. The zero-order chi connectivity index (χ0) is 14.5. The smallest absolute Gasteiger partial charge is 0.389 e. The Bertz CT molecular complexity index is 294. The lowest BCUT2D eigenvalue weighted by atomic mass is 9.85. The molecule has 0 bridgehead atoms. The number of nitrogens with one attached hydrogen (secondary N) is 1. The number of hydrogen-bond acceptors (Lipinski definition) is 2. The first-order valence-electron chi connectivity index (χ1n) is 6.83. The molecule has 1 saturated carbocycles. The summed E-state index contributed by atoms with van der Waals surface area (Å²) in [6.07, 6.45) is -1.19. The highest BCUT2D eigenvalue weighted by Crippen LogP contribution is 2.26. The van der Waals surface area contributed by atoms with E-state index in [1.807, 2.05) is 6.92 Å². The van der Waals surface area contributed by atoms with Crippen LogP contribution in [0, 0.1) is 5.92 Å². The highest BCUT2D eigenvalue weighted by Gasteiger charge is 2.28. The molecule has 1 aliphatic rings. The van der Waals surface area contributed by atoms with Crippen molar-refractivity contribution in [3.8, 4) is 0 Å². The first-order valence-corrected chi connectivity index (χ1v) is 6.83. The number of aliphatic carboxylic acids is 1. The third-order valence-corrected chi connectivity index (χ3v) is 3.64. The Labute approximate surface area is 111 Å². The normalized spacial score (nSPS) is 26.1. The van der Waals surface area contributed by atoms with E-state index in [2.05, 4.69) is 5.32 Å². The van der Waals surface area contributed by atoms with E-state index in [-0.39, 0.29) is 24.4 Å². The quantitative estimate of drug-likeness (QED) is 0.785. The van der Waals surface area contributed by atoms with E-state index < -0.39 is 18.6 Å². The van der Waals surface area contributed by atoms with Gasteiger partial charge in [-0.05, 0) is 39.0 Å². The summed E-state index contributed by atoms with van der Waals surface area (Å²) < 4.78 is 36.1. The van der Waals surface area contributed by atoms with Gasteiger partial charge in [-0.1, -0.05) is 6.42 Å². The van der Waals surface area contributed by atoms with Gasteiger partial charge in [0.05, 0.1) is 5.92 Å². The van der Waals surface area contributed by atoms with Crippen molar-refractivity contribution in [3.05, 3.63) is 0 Å². The lowest BCUT2D eigenvalue weighted by Crippen LogP contribution is -2.41. The van der Waals surface area contributed by atoms with Gasteiger partial charge in [0.1, 0.15) is 0 Å². The molecule has 3 unspecified atom stereocenters. The van der Waals surface area contributed by atoms with Gasteiger partial charge >= 0.3 is 12.1 Å². The predicted molar refractivity (Wildman–Crippen MR) is 65.9 cm³/mol. The van der Waals surface area contributed by atoms with Crippen LogP contribution in [0.4, 0.5) is 13.2 Å². The first kappa shape index (κ1) is 16.3. The maximum Gasteiger partial charge on any atom is 0.389 e. The second-order valence-corrected chi connectivity index (χ2v) is 5.47. The molecule has 0 aromatic heterocycles. The molecule has 1 fully saturated rings. The van der Waals surface area contributed by atoms with Crippen molar-refractivity contribution in [2.24, 2.45) is 5.92 Å². The highest BCUT2D eigenvalue weighted by molar-refractivity contribution is 5.70. The number of alkyl halides is 3. The minimum absolute atomic E-state index is 0.0000973. The van der Waals surface area contributed by atoms with Crippen LogP contribution in [0.15, 0.2) is 0 Å². The van der Waals surface area contributed by atoms with Crippen molar-refractivity contribution in [2.75, 3.05) is 0 Å². The zero-order valence-electron chi connectivity index (χ0n) is 11.2. The molecular formula is C13H22F3NO2. The average molecular weight is 281 g/mol. The second-order valence-electron chi connectivity index (χ2n) is 5.47. The molecule has 112 valence electrons. The summed E-state index contributed by atoms with van der Waals surface area (Å²) in [5.74, 6) is -1.08. The monoisotopic (exact) mass is 281 g/mol. The molecule has 1 rings (SSSR count). The Kier molecular flexibility index (Phi) is 6.10. The third-order valence-electron chi connectivity index (χ3n) is 3.64. The Hall–Kier alpha value is -0.780. The highest BCUT2D eigenvalue weighted by atomic mass is 19.4. The van der Waals surface area contributed by atoms with E-state index in [1.54, 1.807) is 0 Å². The summed E-state index contributed by atoms with van der Waals surface area (Å²) in [5, 5.41) is 12.2. The zero-order valence-corrected chi connectivity index (χ0v) is 11.2. The summed E-state index contributed by atoms with van der Waals surface area (Å²) >= 11 is 0. The minimum atomic E-state index is -4.08. The van der Waals surface area contributed by atoms with E-state index in [9.17, 15) is 18.0 Å². The molecule has 0 heterocycles. The van der Waals surface area contributed by atoms with Gasteiger partial charge in [-0.3, -0.25) is 4.79 Å². The van der Waals surface area contributed by atoms with Crippen LogP contribution in [0.5, 0.6) is 0 Å². The standard InChI is InChI=1S/C13H22F3NO2/c1-9(4-3-7-13(14,15)16)17-11-6-2-5-10(8-11)12(18)19/h9-11,17H,2-8H2,1H3,(H,18,19). The van der Waals surface area contributed by atoms with Crippen LogP contribution < -0.4 is 5.32 Å². The fourth-order valence-corrected chi connectivity index (χ4v) is 2.66. The maximum absolute atomic E-state index is 12.0. The van der Waals surface area contributed by atoms with Crippen LogP contribution in [0.3, 0.4) is 0 Å². The van der Waals surface area contributed by atoms with Crippen LogP contribution in [-0.4, -0.2) is 29.3 Å². The molecule has 0 aromatic rings. The van der Waals surface area contributed by atoms with Crippen LogP contribution >= 0.6 is 0 Å². The Morgan fingerprint density at radius 3 is 2.68 bits per heavy atom. The van der Waals surface area contributed by atoms with Crippen molar-refractivity contribution in [2.45, 2.75) is 70.1 Å². The number of carboxylic acids is 1. The molecule has 6 heteroatoms. The molecule has 2 N–H and O–H groups in total. The molecular weight excluding hydrogens is 259 g/mol. The molecule has 1 aliphatic carbocycles. The molecule has 19 heavy (non-hydrogen) atoms. The van der Waals surface area contributed by atoms with Gasteiger partial charge in [0.2, 0.25) is 0 Å². The van der Waals surface area contributed by atoms with Gasteiger partial charge in [-0.15, -0.1) is 0 Å². The minimum Gasteiger partial charge on any atom is -0.481 e. The maximum atomic E-state index is 12.0. The van der Waals surface area contributed by atoms with Gasteiger partial charge < -0.3 is 10.4 Å². The van der Waals surface area contributed by atoms with Gasteiger partial charge in [0.15, 0.2) is 0 Å². The fraction of sp³-hybridized carbons (Fsp3) is 0.923. The van der Waals surface area contributed by atoms with Crippen molar-refractivity contribution >= 4 is 5.97 Å². The lowest BCUT2D eigenvalue weighted by molar-refractivity contribution is -0.143. The van der Waals surface area contributed by atoms with Crippen molar-refractivity contribution < 1.29 is 23.1 Å². The number of carbonyl (C=O) groups is 1. The lowest BCUT2D eigenvalue weighted by Gasteiger charge is -2.30. The average Bonchev–Trinajstić information content (AvgIpc) is 2.27. The topological polar surface area (TPSA) is 49.3 Å². The number of hydrogen-bond donors (Lipinski definition) is 2. The Balaban J connectivity index is 2.24. The van der Waals surface area contributed by atoms with Gasteiger partial charge in [-0.25, -0.2) is 0 Å². The summed E-state index contributed by atoms with van der Waals surface area (Å²) in [7, 11) is 0. The van der Waals surface area contributed by atoms with Gasteiger partial charge in [-0.2, -0.15) is 13.2 Å². The molecule has 0 aliphatic heterocycles. The van der Waals surface area contributed by atoms with Crippen LogP contribution in [0.25, 0.3) is 0 Å². The first-order chi connectivity index (χ1) is 8.78. The van der Waals surface area contributed by atoms with Crippen LogP contribution in [0.1, 0.15) is 51.9 Å². The van der Waals surface area contributed by atoms with E-state index in [0.29, 0.717) is 19.3 Å². The third kappa shape index (κ3) is 6.80. The summed E-state index contributed by atoms with van der Waals surface area (Å²) in [6.45, 7) is 1.86. The van der Waals surface area contributed by atoms with Crippen molar-refractivity contribution in [3.63, 3.8) is 0 Å². The molecule has 0 spiro atoms. The Morgan fingerprint density at radius 1 is 1.42 bits per heavy atom. The molecule has 3 atom stereocenters. The molecule has 0 radical (unpaired) electrons. The van der Waals surface area contributed by atoms with Gasteiger partial charge in [0, 0.05) is 18.5 Å². The van der Waals surface area contributed by atoms with Gasteiger partial charge in [0.25, 0.3) is 0 Å². The van der Waals surface area contributed by atoms with Crippen molar-refractivity contribution in [1.29, 1.82) is 0 Å². The van der Waals surface area contributed by atoms with E-state index in [4.69, 9.17) is 5.11 Å². The van der Waals surface area contributed by atoms with Crippen LogP contribution in [0.2, 0.25) is 0 Å². The summed E-state index contributed by atoms with van der Waals surface area (Å²) in [6, 6.07) is 0.121. The predicted octanol–water partition coefficient (Wildman–Crippen LogP) is 3.34. The number of carboxylic acid groups (broad SMARTS) is 1. The SMILES string of the molecule is CC(CCCC(F)(F)F)NC1CCCC(C(=O)O)C1. The Morgan fingerprint density at radius 2 is 2.11 bits per heavy atom. The van der Waals surface area contributed by atoms with E-state index in [1.165, 1.54) is 0 Å². The van der Waals surface area contributed by atoms with E-state index >= 15 is 0 Å². The van der Waals surface area contributed by atoms with Crippen molar-refractivity contribution in [1.82, 2.24) is 5.32 Å². The largest absolute Gasteiger partial charge is 0.481 e. The summed E-state index contributed by atoms with van der Waals surface area (Å²) in [5.41, 5.74) is 0. The molecule has 0 amide bonds. The summed E-state index contributed by atoms with van der Waals surface area (Å²) in [4.78, 5) is 10.9. The molecule has 0 aromatic carbocycles. The second kappa shape index (κ2) is 7.12. The van der Waals surface area contributed by atoms with Crippen LogP contribution in [-0.2, 0) is 4.79 Å². The molecule has 0 saturated heterocycles. The van der Waals surface area contributed by atoms with E-state index in [0.717, 1.165) is 12.8 Å². The number of halogens is 3. The molecule has 3 nitrogen and oxygen atoms in total.